The van der Waals surface area contributed by atoms with Gasteiger partial charge in [0, 0.05) is 24.5 Å². The highest BCUT2D eigenvalue weighted by Crippen LogP contribution is 2.35. The standard InChI is InChI=1S/C17H30N2O/c1-13-12-15(9-10-18-13)17(20)19-11-5-8-16(19)14-6-3-2-4-7-14/h13-16,18H,2-12H2,1H3/t13-,15-,16?/m0/s1. The Morgan fingerprint density at radius 3 is 2.60 bits per heavy atom. The Bertz CT molecular complexity index is 338. The number of carbonyl (C=O) groups is 1. The lowest BCUT2D eigenvalue weighted by atomic mass is 9.82. The van der Waals surface area contributed by atoms with Crippen LogP contribution in [0, 0.1) is 11.8 Å². The Balaban J connectivity index is 1.63. The molecule has 3 rings (SSSR count). The number of carbonyl (C=O) groups excluding carboxylic acids is 1. The van der Waals surface area contributed by atoms with Gasteiger partial charge in [0.05, 0.1) is 0 Å². The molecule has 0 aromatic rings. The minimum atomic E-state index is 0.287. The molecule has 0 radical (unpaired) electrons. The van der Waals surface area contributed by atoms with E-state index in [0.717, 1.165) is 31.8 Å². The molecule has 3 heteroatoms. The monoisotopic (exact) mass is 278 g/mol. The highest BCUT2D eigenvalue weighted by Gasteiger charge is 2.38. The molecule has 20 heavy (non-hydrogen) atoms. The third kappa shape index (κ3) is 3.03. The number of piperidine rings is 1. The molecule has 2 saturated heterocycles. The van der Waals surface area contributed by atoms with Crippen molar-refractivity contribution in [3.63, 3.8) is 0 Å². The third-order valence-corrected chi connectivity index (χ3v) is 5.75. The van der Waals surface area contributed by atoms with E-state index < -0.39 is 0 Å². The van der Waals surface area contributed by atoms with Gasteiger partial charge in [0.1, 0.15) is 0 Å². The van der Waals surface area contributed by atoms with Crippen molar-refractivity contribution >= 4 is 5.91 Å². The Morgan fingerprint density at radius 1 is 1.05 bits per heavy atom. The summed E-state index contributed by atoms with van der Waals surface area (Å²) < 4.78 is 0. The van der Waals surface area contributed by atoms with E-state index >= 15 is 0 Å². The maximum Gasteiger partial charge on any atom is 0.226 e. The molecule has 1 N–H and O–H groups in total. The van der Waals surface area contributed by atoms with E-state index in [1.54, 1.807) is 0 Å². The maximum absolute atomic E-state index is 12.9. The highest BCUT2D eigenvalue weighted by atomic mass is 16.2. The van der Waals surface area contributed by atoms with Crippen LogP contribution in [0.1, 0.15) is 64.7 Å². The van der Waals surface area contributed by atoms with E-state index in [1.807, 2.05) is 0 Å². The molecule has 3 atom stereocenters. The van der Waals surface area contributed by atoms with E-state index in [-0.39, 0.29) is 5.92 Å². The first-order valence-electron chi connectivity index (χ1n) is 8.79. The quantitative estimate of drug-likeness (QED) is 0.842. The van der Waals surface area contributed by atoms with Crippen molar-refractivity contribution in [2.45, 2.75) is 76.8 Å². The fourth-order valence-corrected chi connectivity index (χ4v) is 4.67. The lowest BCUT2D eigenvalue weighted by molar-refractivity contribution is -0.138. The number of nitrogens with zero attached hydrogens (tertiary/aromatic N) is 1. The number of likely N-dealkylation sites (tertiary alicyclic amines) is 1. The van der Waals surface area contributed by atoms with Crippen molar-refractivity contribution in [1.82, 2.24) is 10.2 Å². The van der Waals surface area contributed by atoms with Crippen LogP contribution in [0.3, 0.4) is 0 Å². The van der Waals surface area contributed by atoms with Crippen molar-refractivity contribution in [3.05, 3.63) is 0 Å². The van der Waals surface area contributed by atoms with E-state index in [4.69, 9.17) is 0 Å². The summed E-state index contributed by atoms with van der Waals surface area (Å²) in [7, 11) is 0. The molecule has 1 unspecified atom stereocenters. The summed E-state index contributed by atoms with van der Waals surface area (Å²) in [5, 5.41) is 3.46. The van der Waals surface area contributed by atoms with Gasteiger partial charge in [-0.2, -0.15) is 0 Å². The SMILES string of the molecule is C[C@H]1C[C@@H](C(=O)N2CCCC2C2CCCCC2)CCN1. The minimum Gasteiger partial charge on any atom is -0.339 e. The van der Waals surface area contributed by atoms with Crippen LogP contribution in [-0.4, -0.2) is 36.0 Å². The van der Waals surface area contributed by atoms with Crippen molar-refractivity contribution < 1.29 is 4.79 Å². The van der Waals surface area contributed by atoms with Crippen molar-refractivity contribution in [1.29, 1.82) is 0 Å². The van der Waals surface area contributed by atoms with Crippen LogP contribution in [0.15, 0.2) is 0 Å². The van der Waals surface area contributed by atoms with Gasteiger partial charge in [-0.25, -0.2) is 0 Å². The normalized spacial score (nSPS) is 36.2. The topological polar surface area (TPSA) is 32.3 Å². The van der Waals surface area contributed by atoms with E-state index in [9.17, 15) is 4.79 Å². The molecule has 2 aliphatic heterocycles. The zero-order chi connectivity index (χ0) is 13.9. The largest absolute Gasteiger partial charge is 0.339 e. The predicted octanol–water partition coefficient (Wildman–Crippen LogP) is 2.95. The van der Waals surface area contributed by atoms with Gasteiger partial charge < -0.3 is 10.2 Å². The Kier molecular flexibility index (Phi) is 4.65. The summed E-state index contributed by atoms with van der Waals surface area (Å²) in [5.74, 6) is 1.57. The molecule has 1 saturated carbocycles. The van der Waals surface area contributed by atoms with Gasteiger partial charge in [-0.3, -0.25) is 4.79 Å². The van der Waals surface area contributed by atoms with Crippen LogP contribution in [0.5, 0.6) is 0 Å². The summed E-state index contributed by atoms with van der Waals surface area (Å²) in [4.78, 5) is 15.2. The molecule has 2 heterocycles. The van der Waals surface area contributed by atoms with Gasteiger partial charge in [-0.15, -0.1) is 0 Å². The summed E-state index contributed by atoms with van der Waals surface area (Å²) >= 11 is 0. The predicted molar refractivity (Wildman–Crippen MR) is 81.5 cm³/mol. The second-order valence-corrected chi connectivity index (χ2v) is 7.22. The van der Waals surface area contributed by atoms with E-state index in [0.29, 0.717) is 18.0 Å². The average Bonchev–Trinajstić information content (AvgIpc) is 2.97. The lowest BCUT2D eigenvalue weighted by Gasteiger charge is -2.37. The van der Waals surface area contributed by atoms with Gasteiger partial charge in [-0.05, 0) is 57.9 Å². The third-order valence-electron chi connectivity index (χ3n) is 5.75. The lowest BCUT2D eigenvalue weighted by Crippen LogP contribution is -2.47. The van der Waals surface area contributed by atoms with Gasteiger partial charge in [0.15, 0.2) is 0 Å². The molecular weight excluding hydrogens is 248 g/mol. The van der Waals surface area contributed by atoms with Gasteiger partial charge in [0.25, 0.3) is 0 Å². The van der Waals surface area contributed by atoms with Crippen molar-refractivity contribution in [2.24, 2.45) is 11.8 Å². The zero-order valence-corrected chi connectivity index (χ0v) is 12.9. The summed E-state index contributed by atoms with van der Waals surface area (Å²) in [5.41, 5.74) is 0. The smallest absolute Gasteiger partial charge is 0.226 e. The van der Waals surface area contributed by atoms with E-state index in [2.05, 4.69) is 17.1 Å². The van der Waals surface area contributed by atoms with Crippen molar-refractivity contribution in [2.75, 3.05) is 13.1 Å². The number of nitrogens with one attached hydrogen (secondary N) is 1. The van der Waals surface area contributed by atoms with Crippen LogP contribution < -0.4 is 5.32 Å². The van der Waals surface area contributed by atoms with Crippen LogP contribution in [0.4, 0.5) is 0 Å². The maximum atomic E-state index is 12.9. The molecule has 0 aromatic heterocycles. The van der Waals surface area contributed by atoms with Crippen LogP contribution in [0.2, 0.25) is 0 Å². The number of amides is 1. The minimum absolute atomic E-state index is 0.287. The fourth-order valence-electron chi connectivity index (χ4n) is 4.67. The Morgan fingerprint density at radius 2 is 1.85 bits per heavy atom. The highest BCUT2D eigenvalue weighted by molar-refractivity contribution is 5.79. The second kappa shape index (κ2) is 6.46. The van der Waals surface area contributed by atoms with Gasteiger partial charge >= 0.3 is 0 Å². The summed E-state index contributed by atoms with van der Waals surface area (Å²) in [6.45, 7) is 4.25. The summed E-state index contributed by atoms with van der Waals surface area (Å²) in [6.07, 6.45) is 11.5. The number of hydrogen-bond acceptors (Lipinski definition) is 2. The van der Waals surface area contributed by atoms with Crippen molar-refractivity contribution in [3.8, 4) is 0 Å². The number of hydrogen-bond donors (Lipinski definition) is 1. The second-order valence-electron chi connectivity index (χ2n) is 7.22. The molecular formula is C17H30N2O. The molecule has 1 aliphatic carbocycles. The van der Waals surface area contributed by atoms with Crippen LogP contribution in [-0.2, 0) is 4.79 Å². The number of rotatable bonds is 2. The first kappa shape index (κ1) is 14.4. The zero-order valence-electron chi connectivity index (χ0n) is 12.9. The molecule has 114 valence electrons. The summed E-state index contributed by atoms with van der Waals surface area (Å²) in [6, 6.07) is 1.08. The van der Waals surface area contributed by atoms with Gasteiger partial charge in [-0.1, -0.05) is 19.3 Å². The first-order valence-corrected chi connectivity index (χ1v) is 8.79. The fraction of sp³-hybridized carbons (Fsp3) is 0.941. The Hall–Kier alpha value is -0.570. The molecule has 3 nitrogen and oxygen atoms in total. The Labute approximate surface area is 123 Å². The van der Waals surface area contributed by atoms with Gasteiger partial charge in [0.2, 0.25) is 5.91 Å². The average molecular weight is 278 g/mol. The molecule has 0 spiro atoms. The molecule has 3 fully saturated rings. The molecule has 3 aliphatic rings. The van der Waals surface area contributed by atoms with Crippen LogP contribution >= 0.6 is 0 Å². The van der Waals surface area contributed by atoms with E-state index in [1.165, 1.54) is 44.9 Å². The molecule has 1 amide bonds. The van der Waals surface area contributed by atoms with Crippen LogP contribution in [0.25, 0.3) is 0 Å². The molecule has 0 aromatic carbocycles. The first-order chi connectivity index (χ1) is 9.75. The molecule has 0 bridgehead atoms.